The molecule has 4 aliphatic rings. The minimum absolute atomic E-state index is 0.102. The molecular weight excluding hydrogens is 541 g/mol. The highest BCUT2D eigenvalue weighted by Gasteiger charge is 2.40. The van der Waals surface area contributed by atoms with E-state index in [1.54, 1.807) is 12.1 Å². The summed E-state index contributed by atoms with van der Waals surface area (Å²) < 4.78 is 18.3. The Balaban J connectivity index is 0.000000642. The highest BCUT2D eigenvalue weighted by molar-refractivity contribution is 6.09. The summed E-state index contributed by atoms with van der Waals surface area (Å²) in [5, 5.41) is 11.1. The van der Waals surface area contributed by atoms with Crippen LogP contribution in [-0.2, 0) is 16.0 Å². The molecule has 0 aromatic heterocycles. The monoisotopic (exact) mass is 601 g/mol. The first-order valence-electron chi connectivity index (χ1n) is 17.3. The second kappa shape index (κ2) is 20.7. The molecule has 7 heteroatoms. The number of halogens is 1. The molecule has 244 valence electrons. The fraction of sp³-hybridized carbons (Fsp3) is 0.722. The van der Waals surface area contributed by atoms with E-state index in [1.807, 2.05) is 40.7 Å². The largest absolute Gasteiger partial charge is 0.394 e. The van der Waals surface area contributed by atoms with Crippen molar-refractivity contribution in [3.8, 4) is 0 Å². The second-order valence-electron chi connectivity index (χ2n) is 11.9. The quantitative estimate of drug-likeness (QED) is 0.168. The Kier molecular flexibility index (Phi) is 17.7. The lowest BCUT2D eigenvalue weighted by Gasteiger charge is -2.26. The molecule has 2 bridgehead atoms. The van der Waals surface area contributed by atoms with Gasteiger partial charge in [-0.3, -0.25) is 9.79 Å². The summed E-state index contributed by atoms with van der Waals surface area (Å²) in [5.74, 6) is 1.28. The number of hydrogen-bond donors (Lipinski definition) is 3. The molecule has 4 N–H and O–H groups in total. The van der Waals surface area contributed by atoms with Crippen LogP contribution in [0.4, 0.5) is 4.39 Å². The van der Waals surface area contributed by atoms with Crippen LogP contribution in [0.25, 0.3) is 0 Å². The van der Waals surface area contributed by atoms with Crippen molar-refractivity contribution in [2.75, 3.05) is 13.4 Å². The zero-order chi connectivity index (χ0) is 31.6. The van der Waals surface area contributed by atoms with E-state index >= 15 is 0 Å². The Hall–Kier alpha value is -2.25. The number of nitrogens with zero attached hydrogens (tertiary/aromatic N) is 1. The lowest BCUT2D eigenvalue weighted by atomic mass is 9.86. The fourth-order valence-corrected chi connectivity index (χ4v) is 7.11. The third kappa shape index (κ3) is 11.6. The van der Waals surface area contributed by atoms with E-state index in [4.69, 9.17) is 15.8 Å². The van der Waals surface area contributed by atoms with Gasteiger partial charge in [-0.25, -0.2) is 4.39 Å². The van der Waals surface area contributed by atoms with Gasteiger partial charge in [-0.1, -0.05) is 71.9 Å². The number of rotatable bonds is 7. The number of carbonyl (C=O) groups is 1. The van der Waals surface area contributed by atoms with Crippen molar-refractivity contribution in [2.24, 2.45) is 28.5 Å². The molecule has 4 fully saturated rings. The van der Waals surface area contributed by atoms with E-state index in [0.29, 0.717) is 24.3 Å². The number of ether oxygens (including phenoxy) is 1. The molecule has 1 amide bonds. The number of benzene rings is 1. The number of allylic oxidation sites excluding steroid dienone is 1. The van der Waals surface area contributed by atoms with Crippen LogP contribution < -0.4 is 11.1 Å². The van der Waals surface area contributed by atoms with Crippen molar-refractivity contribution in [3.05, 3.63) is 46.9 Å². The van der Waals surface area contributed by atoms with E-state index in [-0.39, 0.29) is 30.5 Å². The number of nitrogens with two attached hydrogens (primary N) is 1. The number of aliphatic imine (C=N–C) groups is 1. The molecule has 0 saturated heterocycles. The summed E-state index contributed by atoms with van der Waals surface area (Å²) >= 11 is 0. The Morgan fingerprint density at radius 3 is 2.33 bits per heavy atom. The van der Waals surface area contributed by atoms with E-state index in [2.05, 4.69) is 10.1 Å². The standard InChI is InChI=1S/C29H40FN3O.C3H8O2.2C2H6/c30-23-9-6-7-19(17-23)16-22-8-4-5-12-25(28(22)32-24-10-2-1-3-11-24)27(31)29(34)33-26-18-20-13-14-21(26)15-20;1-2-5-3-4;2*1-2/h6-7,9,17,20-22,24,26H,1-5,8,10-16,18,31H2,(H,33,34);4H,2-3H2,1H3;2*1-2H3/b27-25-,32-28?;;;/t20?,21?,22?,26-;;;/m1.../s1. The SMILES string of the molecule is CC.CC.CCOCO.N/C(C(=O)N[C@@H]1CC2CCC1C2)=C1/CCCCC(Cc2cccc(F)c2)C1=NC1CCCCC1. The van der Waals surface area contributed by atoms with E-state index in [1.165, 1.54) is 44.6 Å². The van der Waals surface area contributed by atoms with Gasteiger partial charge < -0.3 is 20.9 Å². The Labute approximate surface area is 261 Å². The smallest absolute Gasteiger partial charge is 0.267 e. The Morgan fingerprint density at radius 1 is 1.02 bits per heavy atom. The first-order chi connectivity index (χ1) is 21.0. The summed E-state index contributed by atoms with van der Waals surface area (Å²) in [6.07, 6.45) is 15.5. The summed E-state index contributed by atoms with van der Waals surface area (Å²) in [5.41, 5.74) is 10.0. The number of carbonyl (C=O) groups excluding carboxylic acids is 1. The predicted octanol–water partition coefficient (Wildman–Crippen LogP) is 7.87. The van der Waals surface area contributed by atoms with Gasteiger partial charge in [-0.15, -0.1) is 0 Å². The van der Waals surface area contributed by atoms with Gasteiger partial charge in [-0.2, -0.15) is 0 Å². The van der Waals surface area contributed by atoms with Crippen molar-refractivity contribution in [2.45, 2.75) is 137 Å². The molecule has 4 saturated carbocycles. The Morgan fingerprint density at radius 2 is 1.74 bits per heavy atom. The van der Waals surface area contributed by atoms with E-state index in [9.17, 15) is 9.18 Å². The number of aliphatic hydroxyl groups excluding tert-OH is 1. The zero-order valence-corrected chi connectivity index (χ0v) is 27.7. The van der Waals surface area contributed by atoms with Crippen LogP contribution in [-0.4, -0.2) is 42.2 Å². The Bertz CT molecular complexity index is 1000. The maximum Gasteiger partial charge on any atom is 0.267 e. The highest BCUT2D eigenvalue weighted by Crippen LogP contribution is 2.44. The van der Waals surface area contributed by atoms with Gasteiger partial charge in [0.25, 0.3) is 5.91 Å². The normalized spacial score (nSPS) is 27.0. The van der Waals surface area contributed by atoms with Gasteiger partial charge in [-0.05, 0) is 94.2 Å². The van der Waals surface area contributed by atoms with E-state index < -0.39 is 0 Å². The van der Waals surface area contributed by atoms with Crippen LogP contribution in [0.2, 0.25) is 0 Å². The minimum atomic E-state index is -0.197. The van der Waals surface area contributed by atoms with Crippen LogP contribution in [0, 0.1) is 23.6 Å². The van der Waals surface area contributed by atoms with Crippen molar-refractivity contribution >= 4 is 11.6 Å². The topological polar surface area (TPSA) is 96.9 Å². The second-order valence-corrected chi connectivity index (χ2v) is 11.9. The lowest BCUT2D eigenvalue weighted by molar-refractivity contribution is -0.118. The number of amides is 1. The molecule has 5 rings (SSSR count). The number of fused-ring (bicyclic) bond motifs is 2. The van der Waals surface area contributed by atoms with Crippen LogP contribution in [0.3, 0.4) is 0 Å². The summed E-state index contributed by atoms with van der Waals surface area (Å²) in [6.45, 7) is 10.3. The predicted molar refractivity (Wildman–Crippen MR) is 176 cm³/mol. The van der Waals surface area contributed by atoms with Gasteiger partial charge in [0.2, 0.25) is 0 Å². The van der Waals surface area contributed by atoms with Crippen molar-refractivity contribution in [3.63, 3.8) is 0 Å². The molecule has 4 atom stereocenters. The third-order valence-corrected chi connectivity index (χ3v) is 9.11. The molecule has 0 spiro atoms. The van der Waals surface area contributed by atoms with Gasteiger partial charge in [0, 0.05) is 29.9 Å². The van der Waals surface area contributed by atoms with Crippen molar-refractivity contribution < 1.29 is 19.0 Å². The maximum absolute atomic E-state index is 13.9. The molecule has 0 aliphatic heterocycles. The fourth-order valence-electron chi connectivity index (χ4n) is 7.11. The van der Waals surface area contributed by atoms with Crippen LogP contribution in [0.1, 0.15) is 124 Å². The summed E-state index contributed by atoms with van der Waals surface area (Å²) in [6, 6.07) is 7.51. The molecule has 0 heterocycles. The van der Waals surface area contributed by atoms with Crippen molar-refractivity contribution in [1.29, 1.82) is 0 Å². The summed E-state index contributed by atoms with van der Waals surface area (Å²) in [4.78, 5) is 18.7. The third-order valence-electron chi connectivity index (χ3n) is 9.11. The first kappa shape index (κ1) is 36.9. The number of hydrogen-bond acceptors (Lipinski definition) is 5. The lowest BCUT2D eigenvalue weighted by Crippen LogP contribution is -2.41. The van der Waals surface area contributed by atoms with Crippen LogP contribution in [0.5, 0.6) is 0 Å². The molecule has 6 nitrogen and oxygen atoms in total. The molecule has 43 heavy (non-hydrogen) atoms. The van der Waals surface area contributed by atoms with Gasteiger partial charge in [0.15, 0.2) is 0 Å². The molecule has 3 unspecified atom stereocenters. The number of aliphatic hydroxyl groups is 1. The average Bonchev–Trinajstić information content (AvgIpc) is 3.61. The average molecular weight is 602 g/mol. The molecule has 4 aliphatic carbocycles. The van der Waals surface area contributed by atoms with E-state index in [0.717, 1.165) is 74.1 Å². The zero-order valence-electron chi connectivity index (χ0n) is 27.7. The molecule has 1 aromatic rings. The van der Waals surface area contributed by atoms with Gasteiger partial charge in [0.1, 0.15) is 18.3 Å². The first-order valence-corrected chi connectivity index (χ1v) is 17.3. The molecule has 0 radical (unpaired) electrons. The maximum atomic E-state index is 13.9. The molecular formula is C36H60FN3O3. The molecule has 1 aromatic carbocycles. The highest BCUT2D eigenvalue weighted by atomic mass is 19.1. The summed E-state index contributed by atoms with van der Waals surface area (Å²) in [7, 11) is 0. The minimum Gasteiger partial charge on any atom is -0.394 e. The number of nitrogens with one attached hydrogen (secondary N) is 1. The van der Waals surface area contributed by atoms with Gasteiger partial charge in [0.05, 0.1) is 6.04 Å². The van der Waals surface area contributed by atoms with Crippen LogP contribution in [0.15, 0.2) is 40.5 Å². The van der Waals surface area contributed by atoms with Crippen molar-refractivity contribution in [1.82, 2.24) is 5.32 Å². The van der Waals surface area contributed by atoms with Crippen LogP contribution >= 0.6 is 0 Å². The van der Waals surface area contributed by atoms with Gasteiger partial charge >= 0.3 is 0 Å².